The van der Waals surface area contributed by atoms with Gasteiger partial charge in [-0.25, -0.2) is 0 Å². The third-order valence-electron chi connectivity index (χ3n) is 27.0. The Balaban J connectivity index is 0.869. The fourth-order valence-electron chi connectivity index (χ4n) is 20.9. The second-order valence-electron chi connectivity index (χ2n) is 37.5. The SMILES string of the molecule is Cc1ccc(N2c3ccc(C)cc3B3c4cc(C(C)(c5ccc6c(c5)B5c7cc(C)ccc7N(c7ccc(C)cc7)c7cc(C)cc(c75)N6c5ccc([Si](C)(C)C)cc5)c5ccc6c(c5)B5c7cc(C)ccc7N(c7ccc(C)cc7)c7cc(C)cc(c75)N6c5ccc([Si](C)(C)C)cc5)ccc4N(c4ccc(C)cc4)c4cc(C)cc2c43)cc1. The molecule has 0 aromatic heterocycles. The van der Waals surface area contributed by atoms with E-state index in [0.29, 0.717) is 0 Å². The van der Waals surface area contributed by atoms with Crippen molar-refractivity contribution in [1.29, 1.82) is 0 Å². The van der Waals surface area contributed by atoms with Gasteiger partial charge in [0.1, 0.15) is 0 Å². The molecule has 21 rings (SSSR count). The van der Waals surface area contributed by atoms with E-state index < -0.39 is 21.6 Å². The van der Waals surface area contributed by atoms with Gasteiger partial charge in [0.15, 0.2) is 0 Å². The maximum Gasteiger partial charge on any atom is 0.252 e. The molecule has 0 bridgehead atoms. The Labute approximate surface area is 707 Å². The van der Waals surface area contributed by atoms with E-state index in [-0.39, 0.29) is 20.1 Å². The van der Waals surface area contributed by atoms with E-state index in [1.807, 2.05) is 0 Å². The number of rotatable bonds is 11. The molecule has 119 heavy (non-hydrogen) atoms. The summed E-state index contributed by atoms with van der Waals surface area (Å²) in [5, 5.41) is 2.89. The van der Waals surface area contributed by atoms with Crippen LogP contribution in [0.1, 0.15) is 79.2 Å². The Morgan fingerprint density at radius 3 is 0.588 bits per heavy atom. The van der Waals surface area contributed by atoms with Gasteiger partial charge in [-0.05, 0) is 304 Å². The molecule has 6 aliphatic heterocycles. The van der Waals surface area contributed by atoms with Gasteiger partial charge >= 0.3 is 0 Å². The summed E-state index contributed by atoms with van der Waals surface area (Å²) in [5.41, 5.74) is 48.3. The number of nitrogens with zero attached hydrogens (tertiary/aromatic N) is 6. The molecule has 6 aliphatic rings. The van der Waals surface area contributed by atoms with Gasteiger partial charge in [0.25, 0.3) is 20.1 Å². The van der Waals surface area contributed by atoms with Gasteiger partial charge in [0, 0.05) is 108 Å². The van der Waals surface area contributed by atoms with Gasteiger partial charge < -0.3 is 29.4 Å². The third-order valence-corrected chi connectivity index (χ3v) is 31.1. The molecule has 0 fully saturated rings. The van der Waals surface area contributed by atoms with Crippen LogP contribution in [0.5, 0.6) is 0 Å². The van der Waals surface area contributed by atoms with Crippen molar-refractivity contribution >= 4 is 198 Å². The average molecular weight is 1570 g/mol. The van der Waals surface area contributed by atoms with Crippen LogP contribution in [0.2, 0.25) is 39.3 Å². The lowest BCUT2D eigenvalue weighted by atomic mass is 9.32. The van der Waals surface area contributed by atoms with Crippen LogP contribution in [0.25, 0.3) is 0 Å². The van der Waals surface area contributed by atoms with Crippen LogP contribution >= 0.6 is 0 Å². The number of hydrogen-bond donors (Lipinski definition) is 0. The molecule has 6 heterocycles. The number of hydrogen-bond acceptors (Lipinski definition) is 6. The summed E-state index contributed by atoms with van der Waals surface area (Å²) in [5.74, 6) is 0. The van der Waals surface area contributed by atoms with E-state index >= 15 is 0 Å². The normalized spacial score (nSPS) is 13.9. The molecule has 0 unspecified atom stereocenters. The Morgan fingerprint density at radius 2 is 0.378 bits per heavy atom. The highest BCUT2D eigenvalue weighted by Crippen LogP contribution is 2.52. The number of fused-ring (bicyclic) bond motifs is 12. The van der Waals surface area contributed by atoms with Crippen LogP contribution in [-0.4, -0.2) is 36.3 Å². The molecule has 0 spiro atoms. The highest BCUT2D eigenvalue weighted by atomic mass is 28.3. The van der Waals surface area contributed by atoms with Crippen LogP contribution in [0, 0.1) is 69.2 Å². The van der Waals surface area contributed by atoms with Crippen molar-refractivity contribution < 1.29 is 0 Å². The summed E-state index contributed by atoms with van der Waals surface area (Å²) < 4.78 is 0. The third kappa shape index (κ3) is 11.7. The van der Waals surface area contributed by atoms with E-state index in [9.17, 15) is 0 Å². The van der Waals surface area contributed by atoms with Crippen LogP contribution in [0.3, 0.4) is 0 Å². The van der Waals surface area contributed by atoms with E-state index in [2.05, 4.69) is 436 Å². The van der Waals surface area contributed by atoms with Crippen molar-refractivity contribution in [2.24, 2.45) is 0 Å². The van der Waals surface area contributed by atoms with Crippen molar-refractivity contribution in [2.75, 3.05) is 29.4 Å². The van der Waals surface area contributed by atoms with E-state index in [1.54, 1.807) is 0 Å². The first-order valence-electron chi connectivity index (χ1n) is 42.7. The summed E-state index contributed by atoms with van der Waals surface area (Å²) in [6, 6.07) is 116. The van der Waals surface area contributed by atoms with Gasteiger partial charge in [0.2, 0.25) is 0 Å². The molecule has 11 heteroatoms. The highest BCUT2D eigenvalue weighted by Gasteiger charge is 2.50. The van der Waals surface area contributed by atoms with E-state index in [0.717, 1.165) is 34.1 Å². The average Bonchev–Trinajstić information content (AvgIpc) is 0.698. The van der Waals surface area contributed by atoms with E-state index in [4.69, 9.17) is 0 Å². The molecular formula is C108H99B3N6Si2. The molecule has 6 nitrogen and oxygen atoms in total. The molecular weight excluding hydrogens is 1470 g/mol. The minimum Gasteiger partial charge on any atom is -0.311 e. The second kappa shape index (κ2) is 27.1. The second-order valence-corrected chi connectivity index (χ2v) is 47.7. The number of anilines is 18. The van der Waals surface area contributed by atoms with Crippen LogP contribution in [0.4, 0.5) is 102 Å². The lowest BCUT2D eigenvalue weighted by molar-refractivity contribution is 0.694. The van der Waals surface area contributed by atoms with Gasteiger partial charge in [-0.2, -0.15) is 0 Å². The monoisotopic (exact) mass is 1570 g/mol. The highest BCUT2D eigenvalue weighted by molar-refractivity contribution is 7.02. The molecule has 15 aromatic rings. The van der Waals surface area contributed by atoms with Crippen molar-refractivity contribution in [3.8, 4) is 0 Å². The van der Waals surface area contributed by atoms with Crippen molar-refractivity contribution in [3.05, 3.63) is 364 Å². The summed E-state index contributed by atoms with van der Waals surface area (Å²) in [7, 11) is -3.40. The summed E-state index contributed by atoms with van der Waals surface area (Å²) in [4.78, 5) is 15.5. The smallest absolute Gasteiger partial charge is 0.252 e. The Hall–Kier alpha value is -12.3. The molecule has 0 radical (unpaired) electrons. The summed E-state index contributed by atoms with van der Waals surface area (Å²) >= 11 is 0. The predicted molar refractivity (Wildman–Crippen MR) is 520 cm³/mol. The fraction of sp³-hybridized carbons (Fsp3) is 0.167. The largest absolute Gasteiger partial charge is 0.311 e. The lowest BCUT2D eigenvalue weighted by Gasteiger charge is -2.46. The zero-order valence-corrected chi connectivity index (χ0v) is 73.6. The maximum absolute atomic E-state index is 2.69. The molecule has 0 saturated heterocycles. The fourth-order valence-corrected chi connectivity index (χ4v) is 23.2. The molecule has 0 amide bonds. The van der Waals surface area contributed by atoms with Crippen LogP contribution in [-0.2, 0) is 5.41 Å². The van der Waals surface area contributed by atoms with Gasteiger partial charge in [-0.1, -0.05) is 234 Å². The molecule has 578 valence electrons. The Kier molecular flexibility index (Phi) is 16.9. The summed E-state index contributed by atoms with van der Waals surface area (Å²) in [6.07, 6.45) is 0. The molecule has 0 N–H and O–H groups in total. The Bertz CT molecular complexity index is 6450. The first-order chi connectivity index (χ1) is 57.2. The first kappa shape index (κ1) is 74.3. The first-order valence-corrected chi connectivity index (χ1v) is 49.7. The van der Waals surface area contributed by atoms with Gasteiger partial charge in [-0.15, -0.1) is 0 Å². The van der Waals surface area contributed by atoms with Crippen molar-refractivity contribution in [2.45, 2.75) is 121 Å². The van der Waals surface area contributed by atoms with Crippen LogP contribution in [0.15, 0.2) is 291 Å². The maximum atomic E-state index is 2.69. The van der Waals surface area contributed by atoms with Crippen molar-refractivity contribution in [3.63, 3.8) is 0 Å². The zero-order chi connectivity index (χ0) is 81.9. The predicted octanol–water partition coefficient (Wildman–Crippen LogP) is 21.5. The van der Waals surface area contributed by atoms with Gasteiger partial charge in [-0.3, -0.25) is 0 Å². The molecule has 15 aromatic carbocycles. The van der Waals surface area contributed by atoms with Crippen LogP contribution < -0.4 is 88.9 Å². The summed E-state index contributed by atoms with van der Waals surface area (Å²) in [6.45, 7) is 39.5. The number of benzene rings is 15. The molecule has 0 atom stereocenters. The molecule has 0 aliphatic carbocycles. The minimum absolute atomic E-state index is 0.138. The van der Waals surface area contributed by atoms with Gasteiger partial charge in [0.05, 0.1) is 16.1 Å². The standard InChI is InChI=1S/C108H99B3N6Si2/c1-66-18-32-79(33-19-66)112-93-48-26-70(5)54-87(93)109-90-63-76(29-51-96(90)115(82-38-24-69(4)25-39-82)102-60-73(8)57-99(112)105(102)109)108(11,77-30-52-97-91(64-77)110-88-55-71(6)27-49-94(88)113(80-34-20-67(2)21-35-80)100-58-74(9)61-103(106(100)110)116(97)83-40-44-85(45-41-83)118(12,13)14)78-31-53-98-92(65-78)111-89-56-72(7)28-50-95(89)114(81-36-22-68(3)23-37-81)101-59-75(10)62-104(107(101)111)117(98)84-42-46-86(47-43-84)119(15,16)17/h18-65H,1-17H3. The van der Waals surface area contributed by atoms with E-state index in [1.165, 1.54) is 200 Å². The number of aryl methyl sites for hydroxylation is 10. The topological polar surface area (TPSA) is 19.4 Å². The molecule has 0 saturated carbocycles. The minimum atomic E-state index is -1.70. The lowest BCUT2D eigenvalue weighted by Crippen LogP contribution is -2.62. The Morgan fingerprint density at radius 1 is 0.193 bits per heavy atom. The zero-order valence-electron chi connectivity index (χ0n) is 71.6. The quantitative estimate of drug-likeness (QED) is 0.0943. The van der Waals surface area contributed by atoms with Crippen molar-refractivity contribution in [1.82, 2.24) is 0 Å².